The molecule has 0 radical (unpaired) electrons. The molecule has 7 nitrogen and oxygen atoms in total. The highest BCUT2D eigenvalue weighted by Crippen LogP contribution is 2.30. The van der Waals surface area contributed by atoms with Gasteiger partial charge in [-0.1, -0.05) is 12.1 Å². The Bertz CT molecular complexity index is 1030. The van der Waals surface area contributed by atoms with Crippen molar-refractivity contribution >= 4 is 22.8 Å². The number of nitrogens with zero attached hydrogens (tertiary/aromatic N) is 2. The minimum absolute atomic E-state index is 0.0219. The van der Waals surface area contributed by atoms with Gasteiger partial charge in [0.05, 0.1) is 14.2 Å². The Hall–Kier alpha value is -3.55. The van der Waals surface area contributed by atoms with Crippen LogP contribution in [0.1, 0.15) is 32.1 Å². The van der Waals surface area contributed by atoms with Gasteiger partial charge >= 0.3 is 11.9 Å². The van der Waals surface area contributed by atoms with Gasteiger partial charge in [-0.25, -0.2) is 19.0 Å². The number of aromatic nitrogens is 2. The molecule has 0 aliphatic carbocycles. The fraction of sp³-hybridized carbons (Fsp3) is 0.158. The first-order chi connectivity index (χ1) is 12.9. The summed E-state index contributed by atoms with van der Waals surface area (Å²) in [6, 6.07) is 7.58. The first kappa shape index (κ1) is 18.2. The number of ether oxygens (including phenoxy) is 2. The molecule has 0 unspecified atom stereocenters. The van der Waals surface area contributed by atoms with Gasteiger partial charge in [-0.05, 0) is 35.7 Å². The lowest BCUT2D eigenvalue weighted by atomic mass is 10.0. The summed E-state index contributed by atoms with van der Waals surface area (Å²) < 4.78 is 22.3. The summed E-state index contributed by atoms with van der Waals surface area (Å²) >= 11 is 0. The van der Waals surface area contributed by atoms with Gasteiger partial charge in [0.15, 0.2) is 17.1 Å². The number of fused-ring (bicyclic) bond motifs is 1. The molecule has 0 aliphatic rings. The maximum atomic E-state index is 13.1. The van der Waals surface area contributed by atoms with E-state index in [1.807, 2.05) is 0 Å². The largest absolute Gasteiger partial charge is 0.504 e. The normalized spacial score (nSPS) is 10.6. The number of halogens is 1. The van der Waals surface area contributed by atoms with Crippen LogP contribution in [0, 0.1) is 5.82 Å². The minimum atomic E-state index is -0.906. The van der Waals surface area contributed by atoms with Crippen LogP contribution >= 0.6 is 0 Å². The molecule has 2 aromatic heterocycles. The van der Waals surface area contributed by atoms with E-state index in [1.54, 1.807) is 18.2 Å². The molecule has 2 heterocycles. The van der Waals surface area contributed by atoms with Gasteiger partial charge in [-0.3, -0.25) is 4.98 Å². The van der Waals surface area contributed by atoms with Crippen LogP contribution in [0.3, 0.4) is 0 Å². The highest BCUT2D eigenvalue weighted by Gasteiger charge is 2.24. The molecule has 0 bridgehead atoms. The van der Waals surface area contributed by atoms with Crippen molar-refractivity contribution in [2.45, 2.75) is 6.42 Å². The lowest BCUT2D eigenvalue weighted by molar-refractivity contribution is 0.0585. The fourth-order valence-corrected chi connectivity index (χ4v) is 2.64. The number of carbonyl (C=O) groups is 2. The fourth-order valence-electron chi connectivity index (χ4n) is 2.64. The number of aromatic hydroxyl groups is 1. The van der Waals surface area contributed by atoms with E-state index in [1.165, 1.54) is 25.4 Å². The first-order valence-electron chi connectivity index (χ1n) is 7.87. The van der Waals surface area contributed by atoms with E-state index in [-0.39, 0.29) is 22.4 Å². The second-order valence-corrected chi connectivity index (χ2v) is 5.68. The van der Waals surface area contributed by atoms with E-state index >= 15 is 0 Å². The molecule has 1 N–H and O–H groups in total. The topological polar surface area (TPSA) is 98.6 Å². The van der Waals surface area contributed by atoms with Crippen molar-refractivity contribution in [2.24, 2.45) is 0 Å². The average Bonchev–Trinajstić information content (AvgIpc) is 2.69. The van der Waals surface area contributed by atoms with Crippen molar-refractivity contribution in [3.8, 4) is 5.75 Å². The Labute approximate surface area is 153 Å². The van der Waals surface area contributed by atoms with Crippen LogP contribution in [0.5, 0.6) is 5.75 Å². The molecule has 8 heteroatoms. The van der Waals surface area contributed by atoms with Crippen molar-refractivity contribution in [3.05, 3.63) is 64.9 Å². The Morgan fingerprint density at radius 1 is 1.04 bits per heavy atom. The predicted octanol–water partition coefficient (Wildman–Crippen LogP) is 2.64. The number of rotatable bonds is 4. The summed E-state index contributed by atoms with van der Waals surface area (Å²) in [5, 5.41) is 10.5. The highest BCUT2D eigenvalue weighted by atomic mass is 19.1. The number of esters is 2. The molecule has 0 fully saturated rings. The third kappa shape index (κ3) is 3.55. The van der Waals surface area contributed by atoms with E-state index in [4.69, 9.17) is 4.74 Å². The molecule has 27 heavy (non-hydrogen) atoms. The van der Waals surface area contributed by atoms with Gasteiger partial charge in [-0.2, -0.15) is 0 Å². The van der Waals surface area contributed by atoms with Crippen molar-refractivity contribution in [3.63, 3.8) is 0 Å². The van der Waals surface area contributed by atoms with Crippen LogP contribution < -0.4 is 0 Å². The molecule has 3 rings (SSSR count). The van der Waals surface area contributed by atoms with E-state index in [2.05, 4.69) is 14.7 Å². The number of benzene rings is 1. The van der Waals surface area contributed by atoms with Crippen LogP contribution in [0.25, 0.3) is 10.9 Å². The highest BCUT2D eigenvalue weighted by molar-refractivity contribution is 6.07. The SMILES string of the molecule is COC(=O)c1nc(C(=O)OC)c2cc(Cc3ccc(F)cc3)cnc2c1O. The quantitative estimate of drug-likeness (QED) is 0.705. The van der Waals surface area contributed by atoms with E-state index in [0.29, 0.717) is 12.0 Å². The molecule has 0 saturated carbocycles. The Balaban J connectivity index is 2.15. The summed E-state index contributed by atoms with van der Waals surface area (Å²) in [6.45, 7) is 0. The van der Waals surface area contributed by atoms with Crippen LogP contribution in [0.4, 0.5) is 4.39 Å². The van der Waals surface area contributed by atoms with Crippen LogP contribution in [-0.2, 0) is 15.9 Å². The number of pyridine rings is 2. The summed E-state index contributed by atoms with van der Waals surface area (Å²) in [5.74, 6) is -2.52. The molecular weight excluding hydrogens is 355 g/mol. The number of carbonyl (C=O) groups excluding carboxylic acids is 2. The third-order valence-corrected chi connectivity index (χ3v) is 3.95. The number of hydrogen-bond donors (Lipinski definition) is 1. The van der Waals surface area contributed by atoms with Crippen LogP contribution in [0.2, 0.25) is 0 Å². The van der Waals surface area contributed by atoms with Gasteiger partial charge in [0.2, 0.25) is 0 Å². The molecule has 1 aromatic carbocycles. The van der Waals surface area contributed by atoms with Crippen molar-refractivity contribution < 1.29 is 28.6 Å². The maximum Gasteiger partial charge on any atom is 0.360 e. The molecule has 138 valence electrons. The zero-order chi connectivity index (χ0) is 19.6. The minimum Gasteiger partial charge on any atom is -0.504 e. The Kier molecular flexibility index (Phi) is 4.98. The van der Waals surface area contributed by atoms with E-state index in [9.17, 15) is 19.1 Å². The number of hydrogen-bond acceptors (Lipinski definition) is 7. The van der Waals surface area contributed by atoms with E-state index in [0.717, 1.165) is 12.7 Å². The molecule has 0 spiro atoms. The molecule has 0 atom stereocenters. The lowest BCUT2D eigenvalue weighted by Crippen LogP contribution is -2.12. The molecule has 0 aliphatic heterocycles. The number of methoxy groups -OCH3 is 2. The molecular formula is C19H15FN2O5. The van der Waals surface area contributed by atoms with Gasteiger partial charge < -0.3 is 14.6 Å². The first-order valence-corrected chi connectivity index (χ1v) is 7.87. The summed E-state index contributed by atoms with van der Waals surface area (Å²) in [7, 11) is 2.31. The zero-order valence-corrected chi connectivity index (χ0v) is 14.5. The van der Waals surface area contributed by atoms with Gasteiger partial charge in [0.25, 0.3) is 0 Å². The van der Waals surface area contributed by atoms with Crippen LogP contribution in [0.15, 0.2) is 36.5 Å². The smallest absolute Gasteiger partial charge is 0.360 e. The van der Waals surface area contributed by atoms with Gasteiger partial charge in [0, 0.05) is 11.6 Å². The standard InChI is InChI=1S/C19H15FN2O5/c1-26-18(24)15-13-8-11(7-10-3-5-12(20)6-4-10)9-21-14(13)17(23)16(22-15)19(25)27-2/h3-6,8-9,23H,7H2,1-2H3. The summed E-state index contributed by atoms with van der Waals surface area (Å²) in [6.07, 6.45) is 1.91. The van der Waals surface area contributed by atoms with E-state index < -0.39 is 23.4 Å². The molecule has 0 amide bonds. The van der Waals surface area contributed by atoms with Gasteiger partial charge in [-0.15, -0.1) is 0 Å². The predicted molar refractivity (Wildman–Crippen MR) is 93.1 cm³/mol. The molecule has 0 saturated heterocycles. The summed E-state index contributed by atoms with van der Waals surface area (Å²) in [4.78, 5) is 32.0. The Morgan fingerprint density at radius 3 is 2.30 bits per heavy atom. The van der Waals surface area contributed by atoms with Crippen LogP contribution in [-0.4, -0.2) is 41.2 Å². The van der Waals surface area contributed by atoms with Gasteiger partial charge in [0.1, 0.15) is 11.3 Å². The monoisotopic (exact) mass is 370 g/mol. The van der Waals surface area contributed by atoms with Crippen molar-refractivity contribution in [2.75, 3.05) is 14.2 Å². The summed E-state index contributed by atoms with van der Waals surface area (Å²) in [5.41, 5.74) is 0.962. The third-order valence-electron chi connectivity index (χ3n) is 3.95. The Morgan fingerprint density at radius 2 is 1.67 bits per heavy atom. The second-order valence-electron chi connectivity index (χ2n) is 5.68. The average molecular weight is 370 g/mol. The lowest BCUT2D eigenvalue weighted by Gasteiger charge is -2.11. The van der Waals surface area contributed by atoms with Crippen molar-refractivity contribution in [1.29, 1.82) is 0 Å². The van der Waals surface area contributed by atoms with Crippen molar-refractivity contribution in [1.82, 2.24) is 9.97 Å². The zero-order valence-electron chi connectivity index (χ0n) is 14.5. The second kappa shape index (κ2) is 7.36. The molecule has 3 aromatic rings. The maximum absolute atomic E-state index is 13.1.